The highest BCUT2D eigenvalue weighted by atomic mass is 16.3. The van der Waals surface area contributed by atoms with E-state index in [0.717, 1.165) is 17.5 Å². The van der Waals surface area contributed by atoms with Crippen molar-refractivity contribution in [1.82, 2.24) is 0 Å². The molecule has 0 spiro atoms. The summed E-state index contributed by atoms with van der Waals surface area (Å²) in [7, 11) is 0. The highest BCUT2D eigenvalue weighted by molar-refractivity contribution is 5.50. The second-order valence-electron chi connectivity index (χ2n) is 5.38. The number of phenols is 1. The van der Waals surface area contributed by atoms with Gasteiger partial charge in [0.2, 0.25) is 0 Å². The van der Waals surface area contributed by atoms with Crippen molar-refractivity contribution in [3.8, 4) is 5.75 Å². The highest BCUT2D eigenvalue weighted by Crippen LogP contribution is 2.51. The van der Waals surface area contributed by atoms with Gasteiger partial charge in [-0.1, -0.05) is 5.22 Å². The molecule has 0 saturated heterocycles. The Bertz CT molecular complexity index is 470. The molecule has 2 bridgehead atoms. The summed E-state index contributed by atoms with van der Waals surface area (Å²) in [6.45, 7) is 0. The smallest absolute Gasteiger partial charge is 0.115 e. The molecule has 4 rings (SSSR count). The third kappa shape index (κ3) is 1.24. The van der Waals surface area contributed by atoms with Gasteiger partial charge in [-0.2, -0.15) is 5.11 Å². The lowest BCUT2D eigenvalue weighted by Gasteiger charge is -2.28. The Labute approximate surface area is 99.9 Å². The zero-order valence-electron chi connectivity index (χ0n) is 9.53. The molecular formula is C13H15N3O. The van der Waals surface area contributed by atoms with Crippen molar-refractivity contribution in [2.45, 2.75) is 31.3 Å². The highest BCUT2D eigenvalue weighted by Gasteiger charge is 2.53. The molecular weight excluding hydrogens is 214 g/mol. The summed E-state index contributed by atoms with van der Waals surface area (Å²) >= 11 is 0. The van der Waals surface area contributed by atoms with Crippen LogP contribution in [0.25, 0.3) is 0 Å². The van der Waals surface area contributed by atoms with Gasteiger partial charge in [-0.3, -0.25) is 0 Å². The molecule has 1 aromatic rings. The number of aromatic hydroxyl groups is 1. The van der Waals surface area contributed by atoms with E-state index in [4.69, 9.17) is 0 Å². The lowest BCUT2D eigenvalue weighted by Crippen LogP contribution is -2.39. The van der Waals surface area contributed by atoms with Crippen molar-refractivity contribution in [3.63, 3.8) is 0 Å². The first kappa shape index (κ1) is 9.45. The maximum Gasteiger partial charge on any atom is 0.115 e. The molecule has 1 N–H and O–H groups in total. The fourth-order valence-corrected chi connectivity index (χ4v) is 3.74. The van der Waals surface area contributed by atoms with E-state index in [1.165, 1.54) is 19.3 Å². The van der Waals surface area contributed by atoms with Crippen LogP contribution in [0.1, 0.15) is 19.3 Å². The molecule has 17 heavy (non-hydrogen) atoms. The monoisotopic (exact) mass is 229 g/mol. The Morgan fingerprint density at radius 3 is 2.71 bits per heavy atom. The van der Waals surface area contributed by atoms with Crippen molar-refractivity contribution in [3.05, 3.63) is 24.3 Å². The predicted octanol–water partition coefficient (Wildman–Crippen LogP) is 2.75. The van der Waals surface area contributed by atoms with Crippen LogP contribution in [0.2, 0.25) is 0 Å². The van der Waals surface area contributed by atoms with E-state index in [2.05, 4.69) is 15.3 Å². The van der Waals surface area contributed by atoms with Gasteiger partial charge in [-0.05, 0) is 55.4 Å². The number of fused-ring (bicyclic) bond motifs is 5. The van der Waals surface area contributed by atoms with E-state index in [9.17, 15) is 5.11 Å². The van der Waals surface area contributed by atoms with Crippen LogP contribution < -0.4 is 5.01 Å². The van der Waals surface area contributed by atoms with Crippen LogP contribution in [0.5, 0.6) is 5.75 Å². The van der Waals surface area contributed by atoms with Crippen LogP contribution in [-0.2, 0) is 0 Å². The molecule has 4 heteroatoms. The van der Waals surface area contributed by atoms with Gasteiger partial charge in [-0.25, -0.2) is 5.01 Å². The van der Waals surface area contributed by atoms with Gasteiger partial charge in [0.15, 0.2) is 0 Å². The SMILES string of the molecule is Oc1ccc(N2N=N[C@@H]3[C@H]4CC[C@H](C4)[C@@H]32)cc1. The average Bonchev–Trinajstić information content (AvgIpc) is 3.02. The summed E-state index contributed by atoms with van der Waals surface area (Å²) in [6, 6.07) is 8.16. The second kappa shape index (κ2) is 3.22. The number of nitrogens with zero attached hydrogens (tertiary/aromatic N) is 3. The summed E-state index contributed by atoms with van der Waals surface area (Å²) in [4.78, 5) is 0. The summed E-state index contributed by atoms with van der Waals surface area (Å²) in [5.74, 6) is 1.82. The summed E-state index contributed by atoms with van der Waals surface area (Å²) in [5, 5.41) is 20.2. The molecule has 2 saturated carbocycles. The second-order valence-corrected chi connectivity index (χ2v) is 5.38. The lowest BCUT2D eigenvalue weighted by molar-refractivity contribution is 0.383. The van der Waals surface area contributed by atoms with Gasteiger partial charge < -0.3 is 5.11 Å². The third-order valence-corrected chi connectivity index (χ3v) is 4.51. The molecule has 1 heterocycles. The van der Waals surface area contributed by atoms with Gasteiger partial charge in [-0.15, -0.1) is 0 Å². The minimum Gasteiger partial charge on any atom is -0.508 e. The first-order valence-corrected chi connectivity index (χ1v) is 6.32. The summed E-state index contributed by atoms with van der Waals surface area (Å²) < 4.78 is 0. The number of anilines is 1. The van der Waals surface area contributed by atoms with Crippen LogP contribution in [0.3, 0.4) is 0 Å². The maximum atomic E-state index is 9.32. The summed E-state index contributed by atoms with van der Waals surface area (Å²) in [6.07, 6.45) is 3.97. The number of hydrogen-bond acceptors (Lipinski definition) is 4. The Hall–Kier alpha value is -1.58. The molecule has 2 fully saturated rings. The topological polar surface area (TPSA) is 48.2 Å². The van der Waals surface area contributed by atoms with Crippen LogP contribution in [-0.4, -0.2) is 17.2 Å². The average molecular weight is 229 g/mol. The van der Waals surface area contributed by atoms with Gasteiger partial charge in [0.25, 0.3) is 0 Å². The lowest BCUT2D eigenvalue weighted by atomic mass is 9.91. The van der Waals surface area contributed by atoms with Gasteiger partial charge >= 0.3 is 0 Å². The van der Waals surface area contributed by atoms with E-state index < -0.39 is 0 Å². The Morgan fingerprint density at radius 2 is 1.88 bits per heavy atom. The number of benzene rings is 1. The Kier molecular flexibility index (Phi) is 1.79. The van der Waals surface area contributed by atoms with Crippen LogP contribution >= 0.6 is 0 Å². The fourth-order valence-electron chi connectivity index (χ4n) is 3.74. The van der Waals surface area contributed by atoms with Crippen molar-refractivity contribution in [2.24, 2.45) is 22.2 Å². The van der Waals surface area contributed by atoms with Gasteiger partial charge in [0.1, 0.15) is 5.75 Å². The molecule has 88 valence electrons. The molecule has 1 aliphatic heterocycles. The molecule has 0 amide bonds. The van der Waals surface area contributed by atoms with E-state index in [1.807, 2.05) is 12.1 Å². The summed E-state index contributed by atoms with van der Waals surface area (Å²) in [5.41, 5.74) is 1.05. The van der Waals surface area contributed by atoms with Crippen LogP contribution in [0.4, 0.5) is 5.69 Å². The first-order valence-electron chi connectivity index (χ1n) is 6.32. The van der Waals surface area contributed by atoms with E-state index in [0.29, 0.717) is 17.8 Å². The van der Waals surface area contributed by atoms with E-state index in [-0.39, 0.29) is 0 Å². The normalized spacial score (nSPS) is 37.8. The quantitative estimate of drug-likeness (QED) is 0.805. The molecule has 0 aromatic heterocycles. The molecule has 2 aliphatic carbocycles. The van der Waals surface area contributed by atoms with Crippen molar-refractivity contribution >= 4 is 5.69 Å². The fraction of sp³-hybridized carbons (Fsp3) is 0.538. The van der Waals surface area contributed by atoms with E-state index >= 15 is 0 Å². The molecule has 0 radical (unpaired) electrons. The van der Waals surface area contributed by atoms with Gasteiger partial charge in [0.05, 0.1) is 17.8 Å². The molecule has 1 aromatic carbocycles. The van der Waals surface area contributed by atoms with Crippen molar-refractivity contribution < 1.29 is 5.11 Å². The van der Waals surface area contributed by atoms with E-state index in [1.54, 1.807) is 12.1 Å². The number of rotatable bonds is 1. The Morgan fingerprint density at radius 1 is 1.12 bits per heavy atom. The number of hydrogen-bond donors (Lipinski definition) is 1. The van der Waals surface area contributed by atoms with Crippen molar-refractivity contribution in [1.29, 1.82) is 0 Å². The molecule has 0 unspecified atom stereocenters. The van der Waals surface area contributed by atoms with Crippen LogP contribution in [0.15, 0.2) is 34.6 Å². The maximum absolute atomic E-state index is 9.32. The molecule has 4 atom stereocenters. The first-order chi connectivity index (χ1) is 8.33. The predicted molar refractivity (Wildman–Crippen MR) is 63.8 cm³/mol. The zero-order valence-corrected chi connectivity index (χ0v) is 9.53. The standard InChI is InChI=1S/C13H15N3O/c17-11-5-3-10(4-6-11)16-13-9-2-1-8(7-9)12(13)14-15-16/h3-6,8-9,12-13,17H,1-2,7H2/t8-,9+,12+,13-/m0/s1. The van der Waals surface area contributed by atoms with Crippen molar-refractivity contribution in [2.75, 3.05) is 5.01 Å². The van der Waals surface area contributed by atoms with Crippen LogP contribution in [0, 0.1) is 11.8 Å². The molecule has 3 aliphatic rings. The third-order valence-electron chi connectivity index (χ3n) is 4.51. The minimum atomic E-state index is 0.300. The molecule has 4 nitrogen and oxygen atoms in total. The Balaban J connectivity index is 1.68. The zero-order chi connectivity index (χ0) is 11.4. The largest absolute Gasteiger partial charge is 0.508 e. The van der Waals surface area contributed by atoms with Gasteiger partial charge in [0, 0.05) is 0 Å². The number of phenolic OH excluding ortho intramolecular Hbond substituents is 1. The minimum absolute atomic E-state index is 0.300.